The van der Waals surface area contributed by atoms with E-state index in [1.54, 1.807) is 0 Å². The monoisotopic (exact) mass is 282 g/mol. The summed E-state index contributed by atoms with van der Waals surface area (Å²) in [6.45, 7) is 8.63. The fourth-order valence-electron chi connectivity index (χ4n) is 4.81. The molecule has 4 saturated carbocycles. The first kappa shape index (κ1) is 14.1. The summed E-state index contributed by atoms with van der Waals surface area (Å²) in [7, 11) is -0.958. The van der Waals surface area contributed by atoms with Crippen LogP contribution in [-0.4, -0.2) is 27.1 Å². The second-order valence-electron chi connectivity index (χ2n) is 8.58. The molecular formula is C16H30O2Si. The largest absolute Gasteiger partial charge is 0.356 e. The maximum absolute atomic E-state index is 6.25. The lowest BCUT2D eigenvalue weighted by atomic mass is 9.54. The van der Waals surface area contributed by atoms with Gasteiger partial charge in [-0.1, -0.05) is 19.6 Å². The predicted molar refractivity (Wildman–Crippen MR) is 81.0 cm³/mol. The third-order valence-corrected chi connectivity index (χ3v) is 7.13. The van der Waals surface area contributed by atoms with Crippen molar-refractivity contribution in [3.8, 4) is 0 Å². The van der Waals surface area contributed by atoms with Crippen molar-refractivity contribution < 1.29 is 9.47 Å². The summed E-state index contributed by atoms with van der Waals surface area (Å²) in [4.78, 5) is 0. The molecule has 0 atom stereocenters. The first-order valence-corrected chi connectivity index (χ1v) is 11.9. The summed E-state index contributed by atoms with van der Waals surface area (Å²) in [5.74, 6) is 2.90. The van der Waals surface area contributed by atoms with Crippen LogP contribution in [0.4, 0.5) is 0 Å². The molecule has 4 bridgehead atoms. The molecule has 0 spiro atoms. The van der Waals surface area contributed by atoms with E-state index in [-0.39, 0.29) is 5.60 Å². The molecule has 0 amide bonds. The summed E-state index contributed by atoms with van der Waals surface area (Å²) in [6, 6.07) is 1.25. The van der Waals surface area contributed by atoms with Crippen molar-refractivity contribution in [1.82, 2.24) is 0 Å². The normalized spacial score (nSPS) is 40.9. The summed E-state index contributed by atoms with van der Waals surface area (Å²) in [5, 5.41) is 0. The minimum Gasteiger partial charge on any atom is -0.356 e. The minimum atomic E-state index is -0.958. The summed E-state index contributed by atoms with van der Waals surface area (Å²) in [5.41, 5.74) is 0.216. The number of ether oxygens (including phenoxy) is 2. The van der Waals surface area contributed by atoms with E-state index in [0.29, 0.717) is 6.79 Å². The molecule has 0 aromatic rings. The van der Waals surface area contributed by atoms with Crippen LogP contribution in [0.2, 0.25) is 25.7 Å². The van der Waals surface area contributed by atoms with Crippen LogP contribution in [0.15, 0.2) is 0 Å². The Morgan fingerprint density at radius 2 is 1.47 bits per heavy atom. The van der Waals surface area contributed by atoms with E-state index in [2.05, 4.69) is 19.6 Å². The fourth-order valence-corrected chi connectivity index (χ4v) is 5.57. The second-order valence-corrected chi connectivity index (χ2v) is 14.2. The lowest BCUT2D eigenvalue weighted by Gasteiger charge is -2.56. The molecule has 19 heavy (non-hydrogen) atoms. The Labute approximate surface area is 119 Å². The maximum Gasteiger partial charge on any atom is 0.147 e. The minimum absolute atomic E-state index is 0.216. The van der Waals surface area contributed by atoms with Crippen molar-refractivity contribution in [1.29, 1.82) is 0 Å². The van der Waals surface area contributed by atoms with Crippen molar-refractivity contribution in [2.75, 3.05) is 13.4 Å². The first-order chi connectivity index (χ1) is 8.94. The molecule has 0 saturated heterocycles. The molecule has 0 heterocycles. The van der Waals surface area contributed by atoms with Gasteiger partial charge >= 0.3 is 0 Å². The van der Waals surface area contributed by atoms with Gasteiger partial charge in [0.05, 0.1) is 5.60 Å². The molecule has 0 unspecified atom stereocenters. The highest BCUT2D eigenvalue weighted by atomic mass is 28.3. The van der Waals surface area contributed by atoms with Gasteiger partial charge < -0.3 is 9.47 Å². The smallest absolute Gasteiger partial charge is 0.147 e. The molecule has 4 aliphatic carbocycles. The van der Waals surface area contributed by atoms with E-state index in [0.717, 1.165) is 24.4 Å². The Kier molecular flexibility index (Phi) is 3.82. The van der Waals surface area contributed by atoms with Crippen molar-refractivity contribution >= 4 is 8.07 Å². The standard InChI is InChI=1S/C16H30O2Si/c1-19(2,3)5-4-17-12-18-16-9-13-6-14(10-16)8-15(7-13)11-16/h13-15H,4-12H2,1-3H3. The van der Waals surface area contributed by atoms with Crippen molar-refractivity contribution in [2.45, 2.75) is 69.8 Å². The molecule has 110 valence electrons. The van der Waals surface area contributed by atoms with Gasteiger partial charge in [0, 0.05) is 14.7 Å². The first-order valence-electron chi connectivity index (χ1n) is 8.16. The van der Waals surface area contributed by atoms with Crippen LogP contribution in [0.3, 0.4) is 0 Å². The number of rotatable bonds is 6. The zero-order valence-corrected chi connectivity index (χ0v) is 13.9. The zero-order valence-electron chi connectivity index (χ0n) is 12.9. The van der Waals surface area contributed by atoms with Gasteiger partial charge in [-0.25, -0.2) is 0 Å². The van der Waals surface area contributed by atoms with Gasteiger partial charge in [-0.15, -0.1) is 0 Å². The Bertz CT molecular complexity index is 286. The van der Waals surface area contributed by atoms with Crippen LogP contribution in [0, 0.1) is 17.8 Å². The van der Waals surface area contributed by atoms with Crippen LogP contribution in [0.1, 0.15) is 38.5 Å². The molecule has 0 N–H and O–H groups in total. The quantitative estimate of drug-likeness (QED) is 0.411. The predicted octanol–water partition coefficient (Wildman–Crippen LogP) is 4.28. The van der Waals surface area contributed by atoms with E-state index < -0.39 is 8.07 Å². The molecular weight excluding hydrogens is 252 g/mol. The van der Waals surface area contributed by atoms with E-state index in [9.17, 15) is 0 Å². The van der Waals surface area contributed by atoms with Crippen LogP contribution in [0.25, 0.3) is 0 Å². The van der Waals surface area contributed by atoms with Crippen molar-refractivity contribution in [3.05, 3.63) is 0 Å². The van der Waals surface area contributed by atoms with Gasteiger partial charge in [0.1, 0.15) is 6.79 Å². The van der Waals surface area contributed by atoms with Crippen LogP contribution < -0.4 is 0 Å². The lowest BCUT2D eigenvalue weighted by molar-refractivity contribution is -0.207. The van der Waals surface area contributed by atoms with Crippen molar-refractivity contribution in [3.63, 3.8) is 0 Å². The maximum atomic E-state index is 6.25. The molecule has 3 heteroatoms. The van der Waals surface area contributed by atoms with Gasteiger partial charge in [-0.3, -0.25) is 0 Å². The van der Waals surface area contributed by atoms with Crippen molar-refractivity contribution in [2.24, 2.45) is 17.8 Å². The highest BCUT2D eigenvalue weighted by Gasteiger charge is 2.51. The van der Waals surface area contributed by atoms with Gasteiger partial charge in [-0.05, 0) is 62.3 Å². The van der Waals surface area contributed by atoms with Gasteiger partial charge in [0.15, 0.2) is 0 Å². The van der Waals surface area contributed by atoms with Gasteiger partial charge in [0.2, 0.25) is 0 Å². The molecule has 0 aliphatic heterocycles. The average molecular weight is 282 g/mol. The average Bonchev–Trinajstić information content (AvgIpc) is 2.24. The molecule has 0 aromatic carbocycles. The molecule has 2 nitrogen and oxygen atoms in total. The molecule has 4 rings (SSSR count). The Hall–Kier alpha value is 0.137. The Morgan fingerprint density at radius 1 is 0.947 bits per heavy atom. The fraction of sp³-hybridized carbons (Fsp3) is 1.00. The van der Waals surface area contributed by atoms with E-state index >= 15 is 0 Å². The van der Waals surface area contributed by atoms with Gasteiger partial charge in [0.25, 0.3) is 0 Å². The Morgan fingerprint density at radius 3 is 1.95 bits per heavy atom. The van der Waals surface area contributed by atoms with Crippen LogP contribution in [0.5, 0.6) is 0 Å². The zero-order chi connectivity index (χ0) is 13.5. The van der Waals surface area contributed by atoms with Crippen LogP contribution >= 0.6 is 0 Å². The molecule has 4 fully saturated rings. The van der Waals surface area contributed by atoms with E-state index in [1.807, 2.05) is 0 Å². The summed E-state index contributed by atoms with van der Waals surface area (Å²) < 4.78 is 12.0. The second kappa shape index (κ2) is 5.16. The number of hydrogen-bond donors (Lipinski definition) is 0. The lowest BCUT2D eigenvalue weighted by Crippen LogP contribution is -2.52. The Balaban J connectivity index is 1.43. The summed E-state index contributed by atoms with van der Waals surface area (Å²) in [6.07, 6.45) is 8.40. The third kappa shape index (κ3) is 3.42. The van der Waals surface area contributed by atoms with Crippen LogP contribution in [-0.2, 0) is 9.47 Å². The summed E-state index contributed by atoms with van der Waals surface area (Å²) >= 11 is 0. The molecule has 0 aromatic heterocycles. The third-order valence-electron chi connectivity index (χ3n) is 5.43. The highest BCUT2D eigenvalue weighted by Crippen LogP contribution is 2.57. The molecule has 4 aliphatic rings. The highest BCUT2D eigenvalue weighted by molar-refractivity contribution is 6.76. The topological polar surface area (TPSA) is 18.5 Å². The van der Waals surface area contributed by atoms with Gasteiger partial charge in [-0.2, -0.15) is 0 Å². The molecule has 0 radical (unpaired) electrons. The van der Waals surface area contributed by atoms with E-state index in [1.165, 1.54) is 44.6 Å². The SMILES string of the molecule is C[Si](C)(C)CCOCOC12CC3CC(CC(C3)C1)C2. The number of hydrogen-bond acceptors (Lipinski definition) is 2. The van der Waals surface area contributed by atoms with E-state index in [4.69, 9.17) is 9.47 Å².